The number of amides is 1. The fourth-order valence-electron chi connectivity index (χ4n) is 3.59. The SMILES string of the molecule is O=C(COC(=O)c1cn(Cc2ccccc2)c2ccccc12)Nc1c(Cl)cccc1C(F)(F)F. The van der Waals surface area contributed by atoms with Crippen molar-refractivity contribution in [2.75, 3.05) is 11.9 Å². The number of hydrogen-bond acceptors (Lipinski definition) is 3. The minimum atomic E-state index is -4.72. The molecule has 0 radical (unpaired) electrons. The van der Waals surface area contributed by atoms with Crippen LogP contribution >= 0.6 is 11.6 Å². The molecule has 0 aliphatic rings. The minimum absolute atomic E-state index is 0.244. The molecule has 3 aromatic carbocycles. The Bertz CT molecular complexity index is 1350. The molecule has 5 nitrogen and oxygen atoms in total. The molecule has 0 unspecified atom stereocenters. The quantitative estimate of drug-likeness (QED) is 0.332. The molecule has 9 heteroatoms. The molecular formula is C25H18ClF3N2O3. The molecule has 0 saturated heterocycles. The fourth-order valence-corrected chi connectivity index (χ4v) is 3.81. The number of aromatic nitrogens is 1. The summed E-state index contributed by atoms with van der Waals surface area (Å²) in [5, 5.41) is 2.45. The van der Waals surface area contributed by atoms with E-state index in [0.29, 0.717) is 11.9 Å². The number of ether oxygens (including phenoxy) is 1. The van der Waals surface area contributed by atoms with Gasteiger partial charge in [-0.05, 0) is 23.8 Å². The highest BCUT2D eigenvalue weighted by molar-refractivity contribution is 6.34. The van der Waals surface area contributed by atoms with E-state index in [9.17, 15) is 22.8 Å². The van der Waals surface area contributed by atoms with Crippen molar-refractivity contribution in [1.82, 2.24) is 4.57 Å². The normalized spacial score (nSPS) is 11.4. The molecule has 4 aromatic rings. The molecule has 4 rings (SSSR count). The molecule has 0 atom stereocenters. The highest BCUT2D eigenvalue weighted by atomic mass is 35.5. The summed E-state index contributed by atoms with van der Waals surface area (Å²) in [6.45, 7) is -0.263. The summed E-state index contributed by atoms with van der Waals surface area (Å²) < 4.78 is 46.7. The zero-order chi connectivity index (χ0) is 24.3. The van der Waals surface area contributed by atoms with Gasteiger partial charge in [0.25, 0.3) is 5.91 Å². The number of nitrogens with one attached hydrogen (secondary N) is 1. The van der Waals surface area contributed by atoms with Crippen LogP contribution in [0.3, 0.4) is 0 Å². The predicted molar refractivity (Wildman–Crippen MR) is 123 cm³/mol. The standard InChI is InChI=1S/C25H18ClF3N2O3/c26-20-11-6-10-19(25(27,28)29)23(20)30-22(32)15-34-24(33)18-14-31(13-16-7-2-1-3-8-16)21-12-5-4-9-17(18)21/h1-12,14H,13,15H2,(H,30,32). The average molecular weight is 487 g/mol. The monoisotopic (exact) mass is 486 g/mol. The summed E-state index contributed by atoms with van der Waals surface area (Å²) in [5.74, 6) is -1.71. The Labute approximate surface area is 197 Å². The third-order valence-corrected chi connectivity index (χ3v) is 5.44. The van der Waals surface area contributed by atoms with E-state index >= 15 is 0 Å². The lowest BCUT2D eigenvalue weighted by atomic mass is 10.1. The van der Waals surface area contributed by atoms with Crippen LogP contribution in [0.2, 0.25) is 5.02 Å². The van der Waals surface area contributed by atoms with Gasteiger partial charge in [-0.3, -0.25) is 4.79 Å². The van der Waals surface area contributed by atoms with Gasteiger partial charge in [0, 0.05) is 23.6 Å². The van der Waals surface area contributed by atoms with E-state index in [-0.39, 0.29) is 10.6 Å². The fraction of sp³-hybridized carbons (Fsp3) is 0.120. The smallest absolute Gasteiger partial charge is 0.418 e. The van der Waals surface area contributed by atoms with Crippen LogP contribution in [0.25, 0.3) is 10.9 Å². The van der Waals surface area contributed by atoms with Gasteiger partial charge in [0.1, 0.15) is 0 Å². The van der Waals surface area contributed by atoms with E-state index < -0.39 is 35.9 Å². The van der Waals surface area contributed by atoms with E-state index in [0.717, 1.165) is 23.2 Å². The second-order valence-corrected chi connectivity index (χ2v) is 7.87. The van der Waals surface area contributed by atoms with Crippen molar-refractivity contribution in [3.05, 3.63) is 101 Å². The molecule has 0 aliphatic heterocycles. The lowest BCUT2D eigenvalue weighted by Gasteiger charge is -2.15. The van der Waals surface area contributed by atoms with Gasteiger partial charge in [-0.25, -0.2) is 4.79 Å². The maximum Gasteiger partial charge on any atom is 0.418 e. The topological polar surface area (TPSA) is 60.3 Å². The van der Waals surface area contributed by atoms with Crippen molar-refractivity contribution < 1.29 is 27.5 Å². The zero-order valence-corrected chi connectivity index (χ0v) is 18.4. The van der Waals surface area contributed by atoms with Gasteiger partial charge in [0.05, 0.1) is 21.8 Å². The number of halogens is 4. The first-order valence-corrected chi connectivity index (χ1v) is 10.6. The van der Waals surface area contributed by atoms with E-state index in [1.165, 1.54) is 6.07 Å². The Balaban J connectivity index is 1.50. The Kier molecular flexibility index (Phi) is 6.61. The Morgan fingerprint density at radius 1 is 0.941 bits per heavy atom. The third-order valence-electron chi connectivity index (χ3n) is 5.12. The molecule has 0 saturated carbocycles. The Morgan fingerprint density at radius 2 is 1.65 bits per heavy atom. The van der Waals surface area contributed by atoms with Gasteiger partial charge in [-0.1, -0.05) is 66.2 Å². The zero-order valence-electron chi connectivity index (χ0n) is 17.6. The second kappa shape index (κ2) is 9.61. The average Bonchev–Trinajstić information content (AvgIpc) is 3.17. The Morgan fingerprint density at radius 3 is 2.38 bits per heavy atom. The number of anilines is 1. The lowest BCUT2D eigenvalue weighted by molar-refractivity contribution is -0.137. The first kappa shape index (κ1) is 23.4. The van der Waals surface area contributed by atoms with Crippen LogP contribution in [0.4, 0.5) is 18.9 Å². The summed E-state index contributed by atoms with van der Waals surface area (Å²) in [7, 11) is 0. The number of hydrogen-bond donors (Lipinski definition) is 1. The lowest BCUT2D eigenvalue weighted by Crippen LogP contribution is -2.23. The number of rotatable bonds is 6. The predicted octanol–water partition coefficient (Wildman–Crippen LogP) is 6.16. The van der Waals surface area contributed by atoms with Crippen LogP contribution < -0.4 is 5.32 Å². The van der Waals surface area contributed by atoms with Crippen LogP contribution in [-0.4, -0.2) is 23.1 Å². The number of alkyl halides is 3. The first-order valence-electron chi connectivity index (χ1n) is 10.2. The number of benzene rings is 3. The van der Waals surface area contributed by atoms with Gasteiger partial charge in [0.2, 0.25) is 0 Å². The Hall–Kier alpha value is -3.78. The van der Waals surface area contributed by atoms with Crippen LogP contribution in [0.1, 0.15) is 21.5 Å². The highest BCUT2D eigenvalue weighted by Gasteiger charge is 2.35. The molecule has 1 amide bonds. The largest absolute Gasteiger partial charge is 0.452 e. The molecule has 0 aliphatic carbocycles. The summed E-state index contributed by atoms with van der Waals surface area (Å²) in [6, 6.07) is 20.0. The van der Waals surface area contributed by atoms with Gasteiger partial charge < -0.3 is 14.6 Å². The van der Waals surface area contributed by atoms with Crippen molar-refractivity contribution in [2.24, 2.45) is 0 Å². The number of para-hydroxylation sites is 2. The number of nitrogens with zero attached hydrogens (tertiary/aromatic N) is 1. The summed E-state index contributed by atoms with van der Waals surface area (Å²) in [6.07, 6.45) is -3.08. The van der Waals surface area contributed by atoms with E-state index in [2.05, 4.69) is 5.32 Å². The van der Waals surface area contributed by atoms with Crippen LogP contribution in [-0.2, 0) is 22.3 Å². The molecular weight excluding hydrogens is 469 g/mol. The highest BCUT2D eigenvalue weighted by Crippen LogP contribution is 2.38. The number of esters is 1. The van der Waals surface area contributed by atoms with Crippen LogP contribution in [0.15, 0.2) is 79.0 Å². The maximum atomic E-state index is 13.2. The second-order valence-electron chi connectivity index (χ2n) is 7.46. The van der Waals surface area contributed by atoms with E-state index in [4.69, 9.17) is 16.3 Å². The van der Waals surface area contributed by atoms with Crippen molar-refractivity contribution in [3.63, 3.8) is 0 Å². The first-order chi connectivity index (χ1) is 16.2. The van der Waals surface area contributed by atoms with Gasteiger partial charge in [-0.2, -0.15) is 13.2 Å². The van der Waals surface area contributed by atoms with Crippen molar-refractivity contribution in [3.8, 4) is 0 Å². The van der Waals surface area contributed by atoms with E-state index in [1.54, 1.807) is 18.3 Å². The molecule has 174 valence electrons. The third kappa shape index (κ3) is 5.07. The minimum Gasteiger partial charge on any atom is -0.452 e. The maximum absolute atomic E-state index is 13.2. The van der Waals surface area contributed by atoms with Crippen molar-refractivity contribution in [2.45, 2.75) is 12.7 Å². The molecule has 34 heavy (non-hydrogen) atoms. The van der Waals surface area contributed by atoms with Crippen LogP contribution in [0, 0.1) is 0 Å². The van der Waals surface area contributed by atoms with Crippen molar-refractivity contribution >= 4 is 40.1 Å². The van der Waals surface area contributed by atoms with Crippen molar-refractivity contribution in [1.29, 1.82) is 0 Å². The molecule has 0 bridgehead atoms. The van der Waals surface area contributed by atoms with Crippen LogP contribution in [0.5, 0.6) is 0 Å². The van der Waals surface area contributed by atoms with Gasteiger partial charge in [0.15, 0.2) is 6.61 Å². The molecule has 1 aromatic heterocycles. The summed E-state index contributed by atoms with van der Waals surface area (Å²) >= 11 is 5.85. The molecule has 1 heterocycles. The van der Waals surface area contributed by atoms with E-state index in [1.807, 2.05) is 47.0 Å². The summed E-state index contributed by atoms with van der Waals surface area (Å²) in [5.41, 5.74) is 0.394. The molecule has 0 spiro atoms. The summed E-state index contributed by atoms with van der Waals surface area (Å²) in [4.78, 5) is 25.0. The van der Waals surface area contributed by atoms with Gasteiger partial charge >= 0.3 is 12.1 Å². The number of fused-ring (bicyclic) bond motifs is 1. The molecule has 0 fully saturated rings. The van der Waals surface area contributed by atoms with Gasteiger partial charge in [-0.15, -0.1) is 0 Å². The number of carbonyl (C=O) groups excluding carboxylic acids is 2. The number of carbonyl (C=O) groups is 2. The molecule has 1 N–H and O–H groups in total.